The van der Waals surface area contributed by atoms with E-state index >= 15 is 0 Å². The van der Waals surface area contributed by atoms with E-state index < -0.39 is 12.1 Å². The van der Waals surface area contributed by atoms with Crippen LogP contribution in [0.5, 0.6) is 5.75 Å². The first-order valence-electron chi connectivity index (χ1n) is 9.37. The lowest BCUT2D eigenvalue weighted by Gasteiger charge is -2.15. The van der Waals surface area contributed by atoms with Crippen LogP contribution < -0.4 is 5.32 Å². The molecule has 1 heterocycles. The Morgan fingerprint density at radius 1 is 1.33 bits per heavy atom. The molecule has 2 aromatic rings. The highest BCUT2D eigenvalue weighted by atomic mass is 16.5. The van der Waals surface area contributed by atoms with Crippen molar-refractivity contribution in [3.8, 4) is 5.75 Å². The van der Waals surface area contributed by atoms with Crippen LogP contribution >= 0.6 is 0 Å². The molecule has 6 nitrogen and oxygen atoms in total. The maximum atomic E-state index is 12.2. The lowest BCUT2D eigenvalue weighted by atomic mass is 9.97. The number of ether oxygens (including phenoxy) is 1. The number of furan rings is 1. The summed E-state index contributed by atoms with van der Waals surface area (Å²) in [4.78, 5) is 24.3. The molecule has 0 fully saturated rings. The van der Waals surface area contributed by atoms with Gasteiger partial charge < -0.3 is 19.6 Å². The van der Waals surface area contributed by atoms with E-state index in [1.807, 2.05) is 0 Å². The summed E-state index contributed by atoms with van der Waals surface area (Å²) >= 11 is 0. The molecule has 1 aromatic heterocycles. The summed E-state index contributed by atoms with van der Waals surface area (Å²) in [6.07, 6.45) is 8.42. The first-order chi connectivity index (χ1) is 13.0. The number of nitrogens with one attached hydrogen (secondary N) is 1. The summed E-state index contributed by atoms with van der Waals surface area (Å²) in [5.41, 5.74) is 2.55. The predicted molar refractivity (Wildman–Crippen MR) is 101 cm³/mol. The SMILES string of the molecule is C[C@H](OC(=O)Cc1coc2cc(O)ccc12)C(=O)NCCC1=CCCCC1. The Morgan fingerprint density at radius 2 is 2.19 bits per heavy atom. The number of carbonyl (C=O) groups is 2. The molecule has 0 unspecified atom stereocenters. The Morgan fingerprint density at radius 3 is 2.96 bits per heavy atom. The Labute approximate surface area is 158 Å². The van der Waals surface area contributed by atoms with Crippen LogP contribution in [0.2, 0.25) is 0 Å². The molecule has 0 spiro atoms. The molecule has 1 amide bonds. The number of phenols is 1. The average Bonchev–Trinajstić information content (AvgIpc) is 3.04. The van der Waals surface area contributed by atoms with Gasteiger partial charge in [-0.15, -0.1) is 0 Å². The molecule has 1 aromatic carbocycles. The predicted octanol–water partition coefficient (Wildman–Crippen LogP) is 3.62. The number of fused-ring (bicyclic) bond motifs is 1. The van der Waals surface area contributed by atoms with Crippen LogP contribution in [0.4, 0.5) is 0 Å². The lowest BCUT2D eigenvalue weighted by Crippen LogP contribution is -2.36. The van der Waals surface area contributed by atoms with Crippen LogP contribution in [-0.4, -0.2) is 29.6 Å². The third kappa shape index (κ3) is 5.12. The van der Waals surface area contributed by atoms with Crippen molar-refractivity contribution < 1.29 is 23.8 Å². The van der Waals surface area contributed by atoms with Gasteiger partial charge in [-0.25, -0.2) is 0 Å². The summed E-state index contributed by atoms with van der Waals surface area (Å²) in [7, 11) is 0. The molecule has 0 saturated carbocycles. The molecule has 0 saturated heterocycles. The van der Waals surface area contributed by atoms with Crippen molar-refractivity contribution >= 4 is 22.8 Å². The Hall–Kier alpha value is -2.76. The molecule has 144 valence electrons. The van der Waals surface area contributed by atoms with Gasteiger partial charge in [-0.05, 0) is 51.2 Å². The van der Waals surface area contributed by atoms with Gasteiger partial charge in [0.05, 0.1) is 12.7 Å². The molecule has 0 aliphatic heterocycles. The topological polar surface area (TPSA) is 88.8 Å². The molecule has 0 radical (unpaired) electrons. The van der Waals surface area contributed by atoms with E-state index in [0.717, 1.165) is 24.6 Å². The van der Waals surface area contributed by atoms with Gasteiger partial charge >= 0.3 is 5.97 Å². The second kappa shape index (κ2) is 8.75. The third-order valence-electron chi connectivity index (χ3n) is 4.78. The number of hydrogen-bond donors (Lipinski definition) is 2. The number of phenolic OH excluding ortho intramolecular Hbond substituents is 1. The van der Waals surface area contributed by atoms with E-state index in [2.05, 4.69) is 11.4 Å². The van der Waals surface area contributed by atoms with Crippen molar-refractivity contribution in [3.05, 3.63) is 41.7 Å². The van der Waals surface area contributed by atoms with E-state index in [0.29, 0.717) is 17.7 Å². The number of rotatable bonds is 7. The van der Waals surface area contributed by atoms with E-state index in [1.54, 1.807) is 13.0 Å². The van der Waals surface area contributed by atoms with Crippen LogP contribution in [0.3, 0.4) is 0 Å². The zero-order valence-electron chi connectivity index (χ0n) is 15.5. The second-order valence-corrected chi connectivity index (χ2v) is 6.90. The fraction of sp³-hybridized carbons (Fsp3) is 0.429. The normalized spacial score (nSPS) is 15.2. The van der Waals surface area contributed by atoms with Crippen molar-refractivity contribution in [3.63, 3.8) is 0 Å². The average molecular weight is 371 g/mol. The van der Waals surface area contributed by atoms with Gasteiger partial charge in [0.2, 0.25) is 0 Å². The number of allylic oxidation sites excluding steroid dienone is 1. The fourth-order valence-electron chi connectivity index (χ4n) is 3.28. The standard InChI is InChI=1S/C21H25NO5/c1-14(21(25)22-10-9-15-5-3-2-4-6-15)27-20(24)11-16-13-26-19-12-17(23)7-8-18(16)19/h5,7-8,12-14,23H,2-4,6,9-11H2,1H3,(H,22,25)/t14-/m0/s1. The smallest absolute Gasteiger partial charge is 0.311 e. The van der Waals surface area contributed by atoms with Crippen LogP contribution in [0.15, 0.2) is 40.5 Å². The molecule has 0 bridgehead atoms. The van der Waals surface area contributed by atoms with Crippen LogP contribution in [-0.2, 0) is 20.7 Å². The van der Waals surface area contributed by atoms with Crippen molar-refractivity contribution in [1.82, 2.24) is 5.32 Å². The zero-order valence-corrected chi connectivity index (χ0v) is 15.5. The number of carbonyl (C=O) groups excluding carboxylic acids is 2. The highest BCUT2D eigenvalue weighted by Crippen LogP contribution is 2.25. The maximum Gasteiger partial charge on any atom is 0.311 e. The third-order valence-corrected chi connectivity index (χ3v) is 4.78. The van der Waals surface area contributed by atoms with E-state index in [-0.39, 0.29) is 18.1 Å². The molecule has 1 aliphatic rings. The first-order valence-corrected chi connectivity index (χ1v) is 9.37. The van der Waals surface area contributed by atoms with E-state index in [9.17, 15) is 14.7 Å². The summed E-state index contributed by atoms with van der Waals surface area (Å²) < 4.78 is 10.6. The van der Waals surface area contributed by atoms with Gasteiger partial charge in [-0.3, -0.25) is 9.59 Å². The van der Waals surface area contributed by atoms with Crippen molar-refractivity contribution in [2.75, 3.05) is 6.54 Å². The number of amides is 1. The fourth-order valence-corrected chi connectivity index (χ4v) is 3.28. The Kier molecular flexibility index (Phi) is 6.16. The summed E-state index contributed by atoms with van der Waals surface area (Å²) in [6.45, 7) is 2.13. The monoisotopic (exact) mass is 371 g/mol. The Balaban J connectivity index is 1.46. The van der Waals surface area contributed by atoms with Gasteiger partial charge in [0.1, 0.15) is 11.3 Å². The highest BCUT2D eigenvalue weighted by Gasteiger charge is 2.19. The van der Waals surface area contributed by atoms with Gasteiger partial charge in [0.15, 0.2) is 6.10 Å². The van der Waals surface area contributed by atoms with E-state index in [4.69, 9.17) is 9.15 Å². The van der Waals surface area contributed by atoms with Gasteiger partial charge in [-0.2, -0.15) is 0 Å². The minimum atomic E-state index is -0.847. The molecular formula is C21H25NO5. The zero-order chi connectivity index (χ0) is 19.2. The van der Waals surface area contributed by atoms with Crippen molar-refractivity contribution in [2.24, 2.45) is 0 Å². The quantitative estimate of drug-likeness (QED) is 0.573. The van der Waals surface area contributed by atoms with Crippen LogP contribution in [0, 0.1) is 0 Å². The molecular weight excluding hydrogens is 346 g/mol. The van der Waals surface area contributed by atoms with Crippen LogP contribution in [0.25, 0.3) is 11.0 Å². The van der Waals surface area contributed by atoms with Crippen molar-refractivity contribution in [2.45, 2.75) is 51.6 Å². The van der Waals surface area contributed by atoms with Gasteiger partial charge in [-0.1, -0.05) is 11.6 Å². The molecule has 1 aliphatic carbocycles. The largest absolute Gasteiger partial charge is 0.508 e. The van der Waals surface area contributed by atoms with Gasteiger partial charge in [0, 0.05) is 23.6 Å². The second-order valence-electron chi connectivity index (χ2n) is 6.90. The number of esters is 1. The maximum absolute atomic E-state index is 12.2. The lowest BCUT2D eigenvalue weighted by molar-refractivity contribution is -0.154. The van der Waals surface area contributed by atoms with Gasteiger partial charge in [0.25, 0.3) is 5.91 Å². The number of hydrogen-bond acceptors (Lipinski definition) is 5. The Bertz CT molecular complexity index is 851. The summed E-state index contributed by atoms with van der Waals surface area (Å²) in [6, 6.07) is 4.71. The van der Waals surface area contributed by atoms with Crippen LogP contribution in [0.1, 0.15) is 44.6 Å². The first kappa shape index (κ1) is 19.0. The minimum absolute atomic E-state index is 0.00226. The summed E-state index contributed by atoms with van der Waals surface area (Å²) in [5, 5.41) is 13.0. The number of benzene rings is 1. The molecule has 6 heteroatoms. The summed E-state index contributed by atoms with van der Waals surface area (Å²) in [5.74, 6) is -0.689. The molecule has 27 heavy (non-hydrogen) atoms. The van der Waals surface area contributed by atoms with Crippen molar-refractivity contribution in [1.29, 1.82) is 0 Å². The number of aromatic hydroxyl groups is 1. The molecule has 1 atom stereocenters. The molecule has 3 rings (SSSR count). The molecule has 2 N–H and O–H groups in total. The van der Waals surface area contributed by atoms with E-state index in [1.165, 1.54) is 36.8 Å². The highest BCUT2D eigenvalue weighted by molar-refractivity contribution is 5.88. The minimum Gasteiger partial charge on any atom is -0.508 e.